The van der Waals surface area contributed by atoms with Crippen molar-refractivity contribution in [2.75, 3.05) is 5.73 Å². The van der Waals surface area contributed by atoms with Gasteiger partial charge in [-0.05, 0) is 34.1 Å². The maximum absolute atomic E-state index is 13.5. The Morgan fingerprint density at radius 3 is 2.82 bits per heavy atom. The molecule has 2 N–H and O–H groups in total. The van der Waals surface area contributed by atoms with Crippen LogP contribution in [0.5, 0.6) is 11.6 Å². The average molecular weight is 318 g/mol. The largest absolute Gasteiger partial charge is 0.432 e. The summed E-state index contributed by atoms with van der Waals surface area (Å²) >= 11 is 9.11. The van der Waals surface area contributed by atoms with Gasteiger partial charge >= 0.3 is 0 Å². The highest BCUT2D eigenvalue weighted by atomic mass is 79.9. The average Bonchev–Trinajstić information content (AvgIpc) is 2.26. The van der Waals surface area contributed by atoms with Gasteiger partial charge in [-0.3, -0.25) is 0 Å². The first-order chi connectivity index (χ1) is 8.08. The van der Waals surface area contributed by atoms with E-state index >= 15 is 0 Å². The minimum absolute atomic E-state index is 0.0794. The number of rotatable bonds is 2. The lowest BCUT2D eigenvalue weighted by Gasteiger charge is -2.09. The third-order valence-electron chi connectivity index (χ3n) is 1.97. The molecule has 0 aliphatic heterocycles. The smallest absolute Gasteiger partial charge is 0.238 e. The van der Waals surface area contributed by atoms with Crippen LogP contribution in [0.3, 0.4) is 0 Å². The number of ether oxygens (including phenoxy) is 1. The lowest BCUT2D eigenvalue weighted by Crippen LogP contribution is -1.96. The van der Waals surface area contributed by atoms with Crippen molar-refractivity contribution in [3.8, 4) is 11.6 Å². The minimum atomic E-state index is -0.564. The number of nitrogen functional groups attached to an aromatic ring is 1. The number of pyridine rings is 1. The SMILES string of the molecule is Nc1cccc(F)c1Oc1ncc(Br)cc1Cl. The van der Waals surface area contributed by atoms with Gasteiger partial charge in [0.2, 0.25) is 5.88 Å². The van der Waals surface area contributed by atoms with Crippen LogP contribution >= 0.6 is 27.5 Å². The number of halogens is 3. The highest BCUT2D eigenvalue weighted by Gasteiger charge is 2.12. The van der Waals surface area contributed by atoms with Crippen LogP contribution in [0.1, 0.15) is 0 Å². The van der Waals surface area contributed by atoms with Gasteiger partial charge in [-0.25, -0.2) is 9.37 Å². The summed E-state index contributed by atoms with van der Waals surface area (Å²) in [6.45, 7) is 0. The molecule has 0 bridgehead atoms. The molecule has 1 aromatic carbocycles. The van der Waals surface area contributed by atoms with E-state index in [9.17, 15) is 4.39 Å². The summed E-state index contributed by atoms with van der Waals surface area (Å²) in [5, 5.41) is 0.266. The van der Waals surface area contributed by atoms with Crippen LogP contribution in [0.2, 0.25) is 5.02 Å². The van der Waals surface area contributed by atoms with Gasteiger partial charge in [-0.2, -0.15) is 0 Å². The zero-order valence-electron chi connectivity index (χ0n) is 8.45. The lowest BCUT2D eigenvalue weighted by atomic mass is 10.3. The Labute approximate surface area is 110 Å². The van der Waals surface area contributed by atoms with Gasteiger partial charge in [-0.15, -0.1) is 0 Å². The van der Waals surface area contributed by atoms with Gasteiger partial charge in [-0.1, -0.05) is 17.7 Å². The standard InChI is InChI=1S/C11H7BrClFN2O/c12-6-4-7(13)11(16-5-6)17-10-8(14)2-1-3-9(10)15/h1-5H,15H2. The molecule has 0 fully saturated rings. The van der Waals surface area contributed by atoms with Gasteiger partial charge in [0.25, 0.3) is 0 Å². The molecule has 0 unspecified atom stereocenters. The molecule has 1 aromatic heterocycles. The van der Waals surface area contributed by atoms with E-state index in [-0.39, 0.29) is 22.3 Å². The Morgan fingerprint density at radius 1 is 1.41 bits per heavy atom. The van der Waals surface area contributed by atoms with Crippen molar-refractivity contribution in [2.24, 2.45) is 0 Å². The first kappa shape index (κ1) is 12.1. The van der Waals surface area contributed by atoms with Gasteiger partial charge in [0.1, 0.15) is 5.02 Å². The summed E-state index contributed by atoms with van der Waals surface area (Å²) in [4.78, 5) is 3.93. The highest BCUT2D eigenvalue weighted by Crippen LogP contribution is 2.33. The number of nitrogens with two attached hydrogens (primary N) is 1. The first-order valence-electron chi connectivity index (χ1n) is 4.61. The summed E-state index contributed by atoms with van der Waals surface area (Å²) in [7, 11) is 0. The van der Waals surface area contributed by atoms with Crippen molar-refractivity contribution in [3.05, 3.63) is 45.8 Å². The third kappa shape index (κ3) is 2.68. The Bertz CT molecular complexity index is 545. The van der Waals surface area contributed by atoms with Gasteiger partial charge in [0.15, 0.2) is 11.6 Å². The second kappa shape index (κ2) is 4.89. The molecule has 3 nitrogen and oxygen atoms in total. The second-order valence-electron chi connectivity index (χ2n) is 3.20. The summed E-state index contributed by atoms with van der Waals surface area (Å²) in [5.41, 5.74) is 5.79. The number of hydrogen-bond acceptors (Lipinski definition) is 3. The fourth-order valence-electron chi connectivity index (χ4n) is 1.21. The molecule has 0 atom stereocenters. The molecule has 0 aliphatic rings. The van der Waals surface area contributed by atoms with E-state index in [1.807, 2.05) is 0 Å². The fraction of sp³-hybridized carbons (Fsp3) is 0. The van der Waals surface area contributed by atoms with Crippen LogP contribution in [-0.2, 0) is 0 Å². The molecule has 0 amide bonds. The maximum atomic E-state index is 13.5. The summed E-state index contributed by atoms with van der Waals surface area (Å²) in [6, 6.07) is 5.87. The van der Waals surface area contributed by atoms with Crippen molar-refractivity contribution >= 4 is 33.2 Å². The topological polar surface area (TPSA) is 48.1 Å². The van der Waals surface area contributed by atoms with Crippen molar-refractivity contribution in [1.82, 2.24) is 4.98 Å². The summed E-state index contributed by atoms with van der Waals surface area (Å²) < 4.78 is 19.4. The van der Waals surface area contributed by atoms with Gasteiger partial charge in [0, 0.05) is 10.7 Å². The summed E-state index contributed by atoms with van der Waals surface area (Å²) in [6.07, 6.45) is 1.50. The third-order valence-corrected chi connectivity index (χ3v) is 2.67. The molecule has 6 heteroatoms. The number of hydrogen-bond donors (Lipinski definition) is 1. The number of para-hydroxylation sites is 1. The molecular weight excluding hydrogens is 310 g/mol. The van der Waals surface area contributed by atoms with E-state index in [4.69, 9.17) is 22.1 Å². The molecule has 0 radical (unpaired) electrons. The monoisotopic (exact) mass is 316 g/mol. The summed E-state index contributed by atoms with van der Waals surface area (Å²) in [5.74, 6) is -0.540. The molecule has 0 aliphatic carbocycles. The molecule has 1 heterocycles. The Kier molecular flexibility index (Phi) is 3.49. The molecule has 0 saturated heterocycles. The van der Waals surface area contributed by atoms with E-state index in [1.54, 1.807) is 6.07 Å². The Morgan fingerprint density at radius 2 is 2.18 bits per heavy atom. The number of aromatic nitrogens is 1. The van der Waals surface area contributed by atoms with Crippen molar-refractivity contribution in [2.45, 2.75) is 0 Å². The van der Waals surface area contributed by atoms with E-state index in [1.165, 1.54) is 24.4 Å². The van der Waals surface area contributed by atoms with Gasteiger partial charge < -0.3 is 10.5 Å². The molecule has 88 valence electrons. The van der Waals surface area contributed by atoms with E-state index in [0.29, 0.717) is 4.47 Å². The second-order valence-corrected chi connectivity index (χ2v) is 4.52. The maximum Gasteiger partial charge on any atom is 0.238 e. The molecular formula is C11H7BrClFN2O. The predicted molar refractivity (Wildman–Crippen MR) is 67.8 cm³/mol. The lowest BCUT2D eigenvalue weighted by molar-refractivity contribution is 0.430. The van der Waals surface area contributed by atoms with E-state index in [2.05, 4.69) is 20.9 Å². The van der Waals surface area contributed by atoms with Gasteiger partial charge in [0.05, 0.1) is 5.69 Å². The van der Waals surface area contributed by atoms with Crippen LogP contribution in [-0.4, -0.2) is 4.98 Å². The van der Waals surface area contributed by atoms with E-state index in [0.717, 1.165) is 0 Å². The zero-order chi connectivity index (χ0) is 12.4. The Balaban J connectivity index is 2.38. The van der Waals surface area contributed by atoms with Crippen molar-refractivity contribution in [1.29, 1.82) is 0 Å². The fourth-order valence-corrected chi connectivity index (χ4v) is 1.88. The predicted octanol–water partition coefficient (Wildman–Crippen LogP) is 4.01. The van der Waals surface area contributed by atoms with Crippen molar-refractivity contribution in [3.63, 3.8) is 0 Å². The van der Waals surface area contributed by atoms with Crippen LogP contribution in [0, 0.1) is 5.82 Å². The highest BCUT2D eigenvalue weighted by molar-refractivity contribution is 9.10. The zero-order valence-corrected chi connectivity index (χ0v) is 10.8. The molecule has 2 aromatic rings. The van der Waals surface area contributed by atoms with Crippen LogP contribution in [0.25, 0.3) is 0 Å². The molecule has 17 heavy (non-hydrogen) atoms. The van der Waals surface area contributed by atoms with Crippen molar-refractivity contribution < 1.29 is 9.13 Å². The molecule has 0 spiro atoms. The quantitative estimate of drug-likeness (QED) is 0.851. The van der Waals surface area contributed by atoms with E-state index < -0.39 is 5.82 Å². The molecule has 2 rings (SSSR count). The number of nitrogens with zero attached hydrogens (tertiary/aromatic N) is 1. The van der Waals surface area contributed by atoms with Crippen LogP contribution < -0.4 is 10.5 Å². The molecule has 0 saturated carbocycles. The van der Waals surface area contributed by atoms with Crippen LogP contribution in [0.4, 0.5) is 10.1 Å². The Hall–Kier alpha value is -1.33. The normalized spacial score (nSPS) is 10.3. The first-order valence-corrected chi connectivity index (χ1v) is 5.78. The van der Waals surface area contributed by atoms with Crippen LogP contribution in [0.15, 0.2) is 34.9 Å². The number of anilines is 1. The number of benzene rings is 1. The minimum Gasteiger partial charge on any atom is -0.432 e.